The van der Waals surface area contributed by atoms with Gasteiger partial charge in [-0.15, -0.1) is 0 Å². The minimum absolute atomic E-state index is 0.221. The molecule has 122 valence electrons. The van der Waals surface area contributed by atoms with E-state index in [1.807, 2.05) is 41.8 Å². The van der Waals surface area contributed by atoms with Gasteiger partial charge in [-0.05, 0) is 59.9 Å². The SMILES string of the molecule is Cc1ccc(S(=O)(=O)N2C=Cc3c(I)c4cccnc4n3C2)cc1. The molecule has 7 heteroatoms. The van der Waals surface area contributed by atoms with Gasteiger partial charge in [0.15, 0.2) is 0 Å². The number of hydrogen-bond donors (Lipinski definition) is 0. The van der Waals surface area contributed by atoms with Crippen molar-refractivity contribution < 1.29 is 8.42 Å². The van der Waals surface area contributed by atoms with E-state index in [1.54, 1.807) is 24.5 Å². The van der Waals surface area contributed by atoms with E-state index in [1.165, 1.54) is 4.31 Å². The Hall–Kier alpha value is -1.87. The maximum absolute atomic E-state index is 12.9. The molecule has 4 rings (SSSR count). The van der Waals surface area contributed by atoms with E-state index in [4.69, 9.17) is 0 Å². The van der Waals surface area contributed by atoms with Crippen LogP contribution in [0.1, 0.15) is 11.3 Å². The fourth-order valence-electron chi connectivity index (χ4n) is 2.80. The Balaban J connectivity index is 1.80. The number of sulfonamides is 1. The molecule has 0 radical (unpaired) electrons. The molecule has 0 unspecified atom stereocenters. The van der Waals surface area contributed by atoms with Gasteiger partial charge in [0.2, 0.25) is 0 Å². The highest BCUT2D eigenvalue weighted by molar-refractivity contribution is 14.1. The van der Waals surface area contributed by atoms with Gasteiger partial charge in [-0.25, -0.2) is 13.4 Å². The molecule has 1 aromatic carbocycles. The second-order valence-corrected chi connectivity index (χ2v) is 8.63. The average Bonchev–Trinajstić information content (AvgIpc) is 2.88. The van der Waals surface area contributed by atoms with Crippen LogP contribution in [0.15, 0.2) is 53.7 Å². The summed E-state index contributed by atoms with van der Waals surface area (Å²) in [5, 5.41) is 1.03. The van der Waals surface area contributed by atoms with Crippen LogP contribution < -0.4 is 0 Å². The highest BCUT2D eigenvalue weighted by Crippen LogP contribution is 2.31. The van der Waals surface area contributed by atoms with Crippen molar-refractivity contribution in [2.75, 3.05) is 0 Å². The molecule has 0 amide bonds. The van der Waals surface area contributed by atoms with E-state index in [0.29, 0.717) is 4.90 Å². The van der Waals surface area contributed by atoms with E-state index in [0.717, 1.165) is 25.9 Å². The first-order valence-electron chi connectivity index (χ1n) is 7.38. The molecule has 0 spiro atoms. The van der Waals surface area contributed by atoms with Crippen molar-refractivity contribution in [2.45, 2.75) is 18.5 Å². The second-order valence-electron chi connectivity index (χ2n) is 5.66. The summed E-state index contributed by atoms with van der Waals surface area (Å²) in [5.74, 6) is 0. The summed E-state index contributed by atoms with van der Waals surface area (Å²) in [6.45, 7) is 2.15. The van der Waals surface area contributed by atoms with Crippen molar-refractivity contribution in [2.24, 2.45) is 0 Å². The summed E-state index contributed by atoms with van der Waals surface area (Å²) in [4.78, 5) is 4.71. The van der Waals surface area contributed by atoms with Gasteiger partial charge in [0.25, 0.3) is 10.0 Å². The molecule has 0 aliphatic carbocycles. The number of nitrogens with zero attached hydrogens (tertiary/aromatic N) is 3. The number of aromatic nitrogens is 2. The summed E-state index contributed by atoms with van der Waals surface area (Å²) in [7, 11) is -3.59. The molecule has 0 bridgehead atoms. The quantitative estimate of drug-likeness (QED) is 0.560. The van der Waals surface area contributed by atoms with Crippen LogP contribution in [-0.2, 0) is 16.7 Å². The van der Waals surface area contributed by atoms with Gasteiger partial charge in [-0.3, -0.25) is 4.31 Å². The standard InChI is InChI=1S/C17H14IN3O2S/c1-12-4-6-13(7-5-12)24(22,23)20-10-8-15-16(18)14-3-2-9-19-17(14)21(15)11-20/h2-10H,11H2,1H3. The Labute approximate surface area is 153 Å². The Morgan fingerprint density at radius 3 is 2.67 bits per heavy atom. The summed E-state index contributed by atoms with van der Waals surface area (Å²) >= 11 is 2.28. The minimum Gasteiger partial charge on any atom is -0.305 e. The van der Waals surface area contributed by atoms with E-state index in [2.05, 4.69) is 27.6 Å². The Kier molecular flexibility index (Phi) is 3.65. The zero-order valence-electron chi connectivity index (χ0n) is 12.8. The molecular weight excluding hydrogens is 437 g/mol. The number of halogens is 1. The molecule has 24 heavy (non-hydrogen) atoms. The molecule has 0 fully saturated rings. The maximum atomic E-state index is 12.9. The van der Waals surface area contributed by atoms with E-state index in [9.17, 15) is 8.42 Å². The lowest BCUT2D eigenvalue weighted by Crippen LogP contribution is -2.31. The highest BCUT2D eigenvalue weighted by atomic mass is 127. The molecule has 0 saturated carbocycles. The molecule has 3 aromatic rings. The van der Waals surface area contributed by atoms with Crippen molar-refractivity contribution >= 4 is 49.7 Å². The van der Waals surface area contributed by atoms with Crippen LogP contribution in [0.3, 0.4) is 0 Å². The highest BCUT2D eigenvalue weighted by Gasteiger charge is 2.27. The van der Waals surface area contributed by atoms with Crippen LogP contribution in [0.2, 0.25) is 0 Å². The zero-order valence-corrected chi connectivity index (χ0v) is 15.8. The van der Waals surface area contributed by atoms with Crippen molar-refractivity contribution in [3.05, 3.63) is 63.6 Å². The molecule has 1 aliphatic heterocycles. The lowest BCUT2D eigenvalue weighted by atomic mass is 10.2. The number of pyridine rings is 1. The summed E-state index contributed by atoms with van der Waals surface area (Å²) in [6.07, 6.45) is 5.19. The van der Waals surface area contributed by atoms with Crippen LogP contribution in [-0.4, -0.2) is 22.3 Å². The average molecular weight is 451 g/mol. The van der Waals surface area contributed by atoms with Crippen LogP contribution in [0.5, 0.6) is 0 Å². The smallest absolute Gasteiger partial charge is 0.265 e. The molecule has 1 aliphatic rings. The van der Waals surface area contributed by atoms with Gasteiger partial charge in [0.1, 0.15) is 12.3 Å². The second kappa shape index (κ2) is 5.59. The number of aryl methyl sites for hydroxylation is 1. The van der Waals surface area contributed by atoms with Gasteiger partial charge in [-0.2, -0.15) is 0 Å². The molecule has 3 heterocycles. The van der Waals surface area contributed by atoms with E-state index in [-0.39, 0.29) is 6.67 Å². The topological polar surface area (TPSA) is 55.2 Å². The summed E-state index contributed by atoms with van der Waals surface area (Å²) < 4.78 is 30.2. The van der Waals surface area contributed by atoms with Crippen molar-refractivity contribution in [3.63, 3.8) is 0 Å². The van der Waals surface area contributed by atoms with Gasteiger partial charge < -0.3 is 4.57 Å². The fourth-order valence-corrected chi connectivity index (χ4v) is 4.93. The Bertz CT molecular complexity index is 1070. The van der Waals surface area contributed by atoms with Crippen LogP contribution >= 0.6 is 22.6 Å². The van der Waals surface area contributed by atoms with E-state index < -0.39 is 10.0 Å². The summed E-state index contributed by atoms with van der Waals surface area (Å²) in [6, 6.07) is 10.8. The van der Waals surface area contributed by atoms with E-state index >= 15 is 0 Å². The Morgan fingerprint density at radius 2 is 1.92 bits per heavy atom. The largest absolute Gasteiger partial charge is 0.305 e. The predicted molar refractivity (Wildman–Crippen MR) is 102 cm³/mol. The van der Waals surface area contributed by atoms with Crippen molar-refractivity contribution in [1.29, 1.82) is 0 Å². The van der Waals surface area contributed by atoms with Gasteiger partial charge in [0.05, 0.1) is 10.6 Å². The first kappa shape index (κ1) is 15.6. The lowest BCUT2D eigenvalue weighted by Gasteiger charge is -2.25. The number of hydrogen-bond acceptors (Lipinski definition) is 3. The molecule has 2 aromatic heterocycles. The molecule has 0 saturated heterocycles. The molecule has 0 N–H and O–H groups in total. The predicted octanol–water partition coefficient (Wildman–Crippen LogP) is 3.58. The van der Waals surface area contributed by atoms with Crippen molar-refractivity contribution in [1.82, 2.24) is 13.9 Å². The number of benzene rings is 1. The first-order chi connectivity index (χ1) is 11.5. The first-order valence-corrected chi connectivity index (χ1v) is 9.90. The monoisotopic (exact) mass is 451 g/mol. The van der Waals surface area contributed by atoms with Crippen LogP contribution in [0.25, 0.3) is 17.1 Å². The fraction of sp³-hybridized carbons (Fsp3) is 0.118. The van der Waals surface area contributed by atoms with Crippen LogP contribution in [0.4, 0.5) is 0 Å². The van der Waals surface area contributed by atoms with Gasteiger partial charge >= 0.3 is 0 Å². The molecule has 5 nitrogen and oxygen atoms in total. The van der Waals surface area contributed by atoms with Gasteiger partial charge in [0, 0.05) is 21.4 Å². The maximum Gasteiger partial charge on any atom is 0.265 e. The number of fused-ring (bicyclic) bond motifs is 3. The third-order valence-electron chi connectivity index (χ3n) is 4.10. The van der Waals surface area contributed by atoms with Crippen LogP contribution in [0, 0.1) is 10.5 Å². The normalized spacial score (nSPS) is 14.2. The Morgan fingerprint density at radius 1 is 1.17 bits per heavy atom. The molecule has 0 atom stereocenters. The zero-order chi connectivity index (χ0) is 16.9. The number of rotatable bonds is 2. The minimum atomic E-state index is -3.59. The lowest BCUT2D eigenvalue weighted by molar-refractivity contribution is 0.427. The third-order valence-corrected chi connectivity index (χ3v) is 6.96. The summed E-state index contributed by atoms with van der Waals surface area (Å²) in [5.41, 5.74) is 2.81. The third kappa shape index (κ3) is 2.34. The van der Waals surface area contributed by atoms with Gasteiger partial charge in [-0.1, -0.05) is 17.7 Å². The molecular formula is C17H14IN3O2S. The van der Waals surface area contributed by atoms with Crippen molar-refractivity contribution in [3.8, 4) is 0 Å².